The number of carbonyl (C=O) groups is 2. The maximum atomic E-state index is 12.7. The Morgan fingerprint density at radius 3 is 2.36 bits per heavy atom. The molecule has 28 heavy (non-hydrogen) atoms. The van der Waals surface area contributed by atoms with Crippen LogP contribution in [0.2, 0.25) is 5.15 Å². The molecule has 2 N–H and O–H groups in total. The van der Waals surface area contributed by atoms with Crippen molar-refractivity contribution in [2.75, 3.05) is 0 Å². The van der Waals surface area contributed by atoms with Crippen LogP contribution in [0.3, 0.4) is 0 Å². The number of nitrogens with one attached hydrogen (secondary N) is 2. The van der Waals surface area contributed by atoms with E-state index in [1.54, 1.807) is 0 Å². The summed E-state index contributed by atoms with van der Waals surface area (Å²) in [5.74, 6) is 1.94. The van der Waals surface area contributed by atoms with Gasteiger partial charge >= 0.3 is 0 Å². The van der Waals surface area contributed by atoms with Crippen LogP contribution in [0.1, 0.15) is 55.3 Å². The molecule has 0 unspecified atom stereocenters. The van der Waals surface area contributed by atoms with E-state index in [-0.39, 0.29) is 22.4 Å². The molecule has 4 aliphatic rings. The first-order valence-electron chi connectivity index (χ1n) is 10.1. The first kappa shape index (κ1) is 17.9. The van der Waals surface area contributed by atoms with Crippen LogP contribution in [0.25, 0.3) is 10.9 Å². The first-order valence-corrected chi connectivity index (χ1v) is 10.5. The number of rotatable bonds is 3. The number of halogens is 1. The number of carbonyl (C=O) groups excluding carboxylic acids is 2. The van der Waals surface area contributed by atoms with Gasteiger partial charge in [0.05, 0.1) is 11.1 Å². The maximum Gasteiger partial charge on any atom is 0.270 e. The lowest BCUT2D eigenvalue weighted by Gasteiger charge is -2.56. The molecular formula is C22H24ClN3O2. The summed E-state index contributed by atoms with van der Waals surface area (Å²) < 4.78 is 0. The van der Waals surface area contributed by atoms with Crippen molar-refractivity contribution in [2.24, 2.45) is 23.2 Å². The molecule has 5 nitrogen and oxygen atoms in total. The topological polar surface area (TPSA) is 71.1 Å². The summed E-state index contributed by atoms with van der Waals surface area (Å²) in [6.07, 6.45) is 8.09. The third kappa shape index (κ3) is 3.26. The predicted molar refractivity (Wildman–Crippen MR) is 108 cm³/mol. The van der Waals surface area contributed by atoms with Crippen LogP contribution >= 0.6 is 11.6 Å². The molecule has 146 valence electrons. The Labute approximate surface area is 169 Å². The van der Waals surface area contributed by atoms with Crippen LogP contribution in [0.4, 0.5) is 0 Å². The number of pyridine rings is 1. The van der Waals surface area contributed by atoms with Crippen molar-refractivity contribution in [3.05, 3.63) is 41.0 Å². The van der Waals surface area contributed by atoms with Crippen molar-refractivity contribution in [1.29, 1.82) is 0 Å². The van der Waals surface area contributed by atoms with Crippen molar-refractivity contribution in [1.82, 2.24) is 15.8 Å². The molecule has 2 aromatic rings. The molecule has 6 rings (SSSR count). The standard InChI is InChI=1S/C22H24ClN3O2/c23-19-8-17(16-3-1-2-4-18(16)24-19)21(28)26-25-20(27)12-22-9-13-5-14(10-22)7-15(6-13)11-22/h1-4,8,13-15H,5-7,9-12H2,(H,25,27)(H,26,28). The van der Waals surface area contributed by atoms with Crippen LogP contribution in [-0.2, 0) is 4.79 Å². The summed E-state index contributed by atoms with van der Waals surface area (Å²) in [4.78, 5) is 29.5. The molecular weight excluding hydrogens is 374 g/mol. The molecule has 4 aliphatic carbocycles. The summed E-state index contributed by atoms with van der Waals surface area (Å²) in [6.45, 7) is 0. The van der Waals surface area contributed by atoms with Gasteiger partial charge in [-0.15, -0.1) is 0 Å². The van der Waals surface area contributed by atoms with Crippen molar-refractivity contribution < 1.29 is 9.59 Å². The number of nitrogens with zero attached hydrogens (tertiary/aromatic N) is 1. The SMILES string of the molecule is O=C(CC12CC3CC(CC(C3)C1)C2)NNC(=O)c1cc(Cl)nc2ccccc12. The zero-order valence-electron chi connectivity index (χ0n) is 15.7. The second kappa shape index (κ2) is 6.73. The van der Waals surface area contributed by atoms with Crippen LogP contribution in [0.5, 0.6) is 0 Å². The number of hydrogen-bond acceptors (Lipinski definition) is 3. The van der Waals surface area contributed by atoms with Crippen molar-refractivity contribution in [3.8, 4) is 0 Å². The summed E-state index contributed by atoms with van der Waals surface area (Å²) in [6, 6.07) is 8.86. The highest BCUT2D eigenvalue weighted by atomic mass is 35.5. The average molecular weight is 398 g/mol. The number of para-hydroxylation sites is 1. The Bertz CT molecular complexity index is 923. The third-order valence-electron chi connectivity index (χ3n) is 6.95. The van der Waals surface area contributed by atoms with Gasteiger partial charge in [0.15, 0.2) is 0 Å². The number of fused-ring (bicyclic) bond motifs is 1. The summed E-state index contributed by atoms with van der Waals surface area (Å²) in [5, 5.41) is 0.962. The minimum atomic E-state index is -0.376. The summed E-state index contributed by atoms with van der Waals surface area (Å²) in [5.41, 5.74) is 6.42. The number of hydrazine groups is 1. The molecule has 0 spiro atoms. The van der Waals surface area contributed by atoms with Gasteiger partial charge in [0.2, 0.25) is 5.91 Å². The number of benzene rings is 1. The zero-order valence-corrected chi connectivity index (χ0v) is 16.5. The van der Waals surface area contributed by atoms with Crippen molar-refractivity contribution in [3.63, 3.8) is 0 Å². The van der Waals surface area contributed by atoms with Gasteiger partial charge in [0, 0.05) is 11.8 Å². The van der Waals surface area contributed by atoms with Gasteiger partial charge < -0.3 is 0 Å². The van der Waals surface area contributed by atoms with E-state index in [1.807, 2.05) is 24.3 Å². The van der Waals surface area contributed by atoms with E-state index in [0.717, 1.165) is 17.8 Å². The highest BCUT2D eigenvalue weighted by molar-refractivity contribution is 6.30. The highest BCUT2D eigenvalue weighted by Crippen LogP contribution is 2.61. The second-order valence-electron chi connectivity index (χ2n) is 9.11. The number of aromatic nitrogens is 1. The number of hydrogen-bond donors (Lipinski definition) is 2. The van der Waals surface area contributed by atoms with Gasteiger partial charge in [-0.2, -0.15) is 0 Å². The zero-order chi connectivity index (χ0) is 19.3. The molecule has 2 amide bonds. The van der Waals surface area contributed by atoms with E-state index in [9.17, 15) is 9.59 Å². The molecule has 1 heterocycles. The Morgan fingerprint density at radius 1 is 1.04 bits per heavy atom. The molecule has 0 radical (unpaired) electrons. The van der Waals surface area contributed by atoms with Gasteiger partial charge in [-0.1, -0.05) is 29.8 Å². The lowest BCUT2D eigenvalue weighted by Crippen LogP contribution is -2.50. The van der Waals surface area contributed by atoms with E-state index < -0.39 is 0 Å². The highest BCUT2D eigenvalue weighted by Gasteiger charge is 2.51. The molecule has 4 bridgehead atoms. The minimum Gasteiger partial charge on any atom is -0.273 e. The minimum absolute atomic E-state index is 0.0974. The fourth-order valence-corrected chi connectivity index (χ4v) is 6.62. The average Bonchev–Trinajstić information content (AvgIpc) is 2.64. The van der Waals surface area contributed by atoms with Crippen LogP contribution in [0.15, 0.2) is 30.3 Å². The first-order chi connectivity index (χ1) is 13.5. The molecule has 1 aromatic carbocycles. The van der Waals surface area contributed by atoms with Crippen molar-refractivity contribution >= 4 is 34.3 Å². The molecule has 6 heteroatoms. The van der Waals surface area contributed by atoms with Gasteiger partial charge in [-0.3, -0.25) is 20.4 Å². The molecule has 0 atom stereocenters. The molecule has 4 fully saturated rings. The molecule has 0 saturated heterocycles. The Balaban J connectivity index is 1.26. The summed E-state index contributed by atoms with van der Waals surface area (Å²) in [7, 11) is 0. The Morgan fingerprint density at radius 2 is 1.68 bits per heavy atom. The molecule has 0 aliphatic heterocycles. The van der Waals surface area contributed by atoms with Gasteiger partial charge in [-0.05, 0) is 73.8 Å². The fourth-order valence-electron chi connectivity index (χ4n) is 6.42. The lowest BCUT2D eigenvalue weighted by atomic mass is 9.49. The predicted octanol–water partition coefficient (Wildman–Crippen LogP) is 4.26. The maximum absolute atomic E-state index is 12.7. The van der Waals surface area contributed by atoms with Crippen LogP contribution in [0, 0.1) is 23.2 Å². The van der Waals surface area contributed by atoms with E-state index in [4.69, 9.17) is 11.6 Å². The smallest absolute Gasteiger partial charge is 0.270 e. The van der Waals surface area contributed by atoms with E-state index in [1.165, 1.54) is 44.6 Å². The molecule has 4 saturated carbocycles. The Hall–Kier alpha value is -2.14. The largest absolute Gasteiger partial charge is 0.273 e. The van der Waals surface area contributed by atoms with Crippen LogP contribution < -0.4 is 10.9 Å². The normalized spacial score (nSPS) is 30.4. The van der Waals surface area contributed by atoms with Gasteiger partial charge in [-0.25, -0.2) is 4.98 Å². The Kier molecular flexibility index (Phi) is 4.31. The summed E-state index contributed by atoms with van der Waals surface area (Å²) >= 11 is 6.06. The van der Waals surface area contributed by atoms with Crippen LogP contribution in [-0.4, -0.2) is 16.8 Å². The van der Waals surface area contributed by atoms with E-state index >= 15 is 0 Å². The van der Waals surface area contributed by atoms with E-state index in [2.05, 4.69) is 15.8 Å². The van der Waals surface area contributed by atoms with Gasteiger partial charge in [0.1, 0.15) is 5.15 Å². The van der Waals surface area contributed by atoms with Crippen molar-refractivity contribution in [2.45, 2.75) is 44.9 Å². The third-order valence-corrected chi connectivity index (χ3v) is 7.14. The number of amides is 2. The lowest BCUT2D eigenvalue weighted by molar-refractivity contribution is -0.130. The van der Waals surface area contributed by atoms with E-state index in [0.29, 0.717) is 22.9 Å². The quantitative estimate of drug-likeness (QED) is 0.600. The monoisotopic (exact) mass is 397 g/mol. The van der Waals surface area contributed by atoms with Gasteiger partial charge in [0.25, 0.3) is 5.91 Å². The fraction of sp³-hybridized carbons (Fsp3) is 0.500. The second-order valence-corrected chi connectivity index (χ2v) is 9.49. The molecule has 1 aromatic heterocycles.